The number of nitrogens with zero attached hydrogens (tertiary/aromatic N) is 4. The number of nitrogens with two attached hydrogens (primary N) is 1. The largest absolute Gasteiger partial charge is 0.450 e. The first-order valence-electron chi connectivity index (χ1n) is 10.5. The van der Waals surface area contributed by atoms with Crippen molar-refractivity contribution in [3.8, 4) is 22.5 Å². The van der Waals surface area contributed by atoms with Gasteiger partial charge in [0.2, 0.25) is 0 Å². The SMILES string of the molecule is Nc1ncc(-c2cnn([C@H]3CC[C@H](O)CC3)c2)c2c(Cl)c(-c3cccc4cnsc34)oc12. The number of fused-ring (bicyclic) bond motifs is 2. The predicted molar refractivity (Wildman–Crippen MR) is 127 cm³/mol. The molecule has 9 heteroatoms. The molecule has 3 N–H and O–H groups in total. The minimum absolute atomic E-state index is 0.201. The molecule has 0 amide bonds. The van der Waals surface area contributed by atoms with Gasteiger partial charge in [0.25, 0.3) is 0 Å². The van der Waals surface area contributed by atoms with Crippen LogP contribution in [0.15, 0.2) is 47.4 Å². The Hall–Kier alpha value is -2.94. The molecule has 0 radical (unpaired) electrons. The van der Waals surface area contributed by atoms with E-state index in [1.165, 1.54) is 11.5 Å². The van der Waals surface area contributed by atoms with Crippen LogP contribution in [0.4, 0.5) is 5.82 Å². The van der Waals surface area contributed by atoms with Gasteiger partial charge in [0.15, 0.2) is 17.2 Å². The number of benzene rings is 1. The molecule has 0 spiro atoms. The van der Waals surface area contributed by atoms with Crippen molar-refractivity contribution in [2.45, 2.75) is 37.8 Å². The monoisotopic (exact) mass is 465 g/mol. The molecule has 0 unspecified atom stereocenters. The number of rotatable bonds is 3. The molecule has 0 bridgehead atoms. The fourth-order valence-electron chi connectivity index (χ4n) is 4.55. The average Bonchev–Trinajstić information content (AvgIpc) is 3.54. The molecule has 4 aromatic heterocycles. The lowest BCUT2D eigenvalue weighted by atomic mass is 9.93. The summed E-state index contributed by atoms with van der Waals surface area (Å²) in [4.78, 5) is 4.36. The summed E-state index contributed by atoms with van der Waals surface area (Å²) < 4.78 is 13.5. The van der Waals surface area contributed by atoms with Gasteiger partial charge in [-0.3, -0.25) is 4.68 Å². The van der Waals surface area contributed by atoms with Crippen molar-refractivity contribution in [2.24, 2.45) is 0 Å². The Bertz CT molecular complexity index is 1450. The van der Waals surface area contributed by atoms with E-state index in [0.29, 0.717) is 22.2 Å². The fraction of sp³-hybridized carbons (Fsp3) is 0.261. The van der Waals surface area contributed by atoms with Crippen LogP contribution >= 0.6 is 23.1 Å². The number of anilines is 1. The maximum Gasteiger partial charge on any atom is 0.179 e. The third kappa shape index (κ3) is 3.09. The standard InChI is InChI=1S/C23H20ClN5O2S/c24-19-18-17(13-8-27-29(11-13)14-4-6-15(30)7-5-14)10-26-23(25)21(18)31-20(19)16-3-1-2-12-9-28-32-22(12)16/h1-3,8-11,14-15,30H,4-7H2,(H2,25,26)/t14-,15-. The minimum atomic E-state index is -0.201. The highest BCUT2D eigenvalue weighted by Gasteiger charge is 2.25. The predicted octanol–water partition coefficient (Wildman–Crippen LogP) is 5.68. The summed E-state index contributed by atoms with van der Waals surface area (Å²) in [6.45, 7) is 0. The van der Waals surface area contributed by atoms with Gasteiger partial charge in [0, 0.05) is 40.7 Å². The van der Waals surface area contributed by atoms with Gasteiger partial charge in [-0.15, -0.1) is 0 Å². The molecule has 1 aliphatic rings. The fourth-order valence-corrected chi connectivity index (χ4v) is 5.64. The van der Waals surface area contributed by atoms with Gasteiger partial charge in [0.1, 0.15) is 0 Å². The number of halogens is 1. The number of hydrogen-bond acceptors (Lipinski definition) is 7. The molecular formula is C23H20ClN5O2S. The van der Waals surface area contributed by atoms with Crippen LogP contribution in [0.5, 0.6) is 0 Å². The van der Waals surface area contributed by atoms with E-state index in [0.717, 1.165) is 57.8 Å². The molecular weight excluding hydrogens is 446 g/mol. The Morgan fingerprint density at radius 3 is 2.81 bits per heavy atom. The molecule has 0 atom stereocenters. The zero-order valence-electron chi connectivity index (χ0n) is 17.0. The Labute approximate surface area is 192 Å². The number of pyridine rings is 1. The first kappa shape index (κ1) is 19.7. The molecule has 6 rings (SSSR count). The maximum atomic E-state index is 9.80. The molecule has 5 aromatic rings. The summed E-state index contributed by atoms with van der Waals surface area (Å²) in [5.41, 5.74) is 9.25. The van der Waals surface area contributed by atoms with Gasteiger partial charge in [-0.25, -0.2) is 4.98 Å². The van der Waals surface area contributed by atoms with Gasteiger partial charge in [-0.1, -0.05) is 23.7 Å². The molecule has 0 saturated heterocycles. The third-order valence-corrected chi connectivity index (χ3v) is 7.47. The van der Waals surface area contributed by atoms with Crippen molar-refractivity contribution in [3.63, 3.8) is 0 Å². The summed E-state index contributed by atoms with van der Waals surface area (Å²) in [5, 5.41) is 16.7. The van der Waals surface area contributed by atoms with E-state index in [4.69, 9.17) is 21.8 Å². The van der Waals surface area contributed by atoms with Crippen molar-refractivity contribution in [2.75, 3.05) is 5.73 Å². The van der Waals surface area contributed by atoms with Crippen molar-refractivity contribution in [1.82, 2.24) is 19.1 Å². The van der Waals surface area contributed by atoms with E-state index in [1.54, 1.807) is 6.20 Å². The van der Waals surface area contributed by atoms with Crippen LogP contribution in [0.2, 0.25) is 5.02 Å². The number of aliphatic hydroxyl groups is 1. The number of nitrogen functional groups attached to an aromatic ring is 1. The van der Waals surface area contributed by atoms with E-state index in [2.05, 4.69) is 14.5 Å². The lowest BCUT2D eigenvalue weighted by molar-refractivity contribution is 0.108. The lowest BCUT2D eigenvalue weighted by Gasteiger charge is -2.25. The van der Waals surface area contributed by atoms with Crippen LogP contribution in [0, 0.1) is 0 Å². The van der Waals surface area contributed by atoms with Gasteiger partial charge in [-0.05, 0) is 43.3 Å². The summed E-state index contributed by atoms with van der Waals surface area (Å²) in [6, 6.07) is 6.23. The summed E-state index contributed by atoms with van der Waals surface area (Å²) in [7, 11) is 0. The second kappa shape index (κ2) is 7.58. The van der Waals surface area contributed by atoms with Crippen molar-refractivity contribution in [1.29, 1.82) is 0 Å². The third-order valence-electron chi connectivity index (χ3n) is 6.26. The molecule has 162 valence electrons. The van der Waals surface area contributed by atoms with Crippen LogP contribution in [-0.2, 0) is 0 Å². The topological polar surface area (TPSA) is 103 Å². The van der Waals surface area contributed by atoms with Crippen LogP contribution in [0.25, 0.3) is 43.5 Å². The molecule has 1 aliphatic carbocycles. The van der Waals surface area contributed by atoms with E-state index in [1.807, 2.05) is 41.5 Å². The van der Waals surface area contributed by atoms with Crippen LogP contribution in [0.3, 0.4) is 0 Å². The first-order valence-corrected chi connectivity index (χ1v) is 11.7. The van der Waals surface area contributed by atoms with Crippen molar-refractivity contribution < 1.29 is 9.52 Å². The molecule has 4 heterocycles. The molecule has 1 saturated carbocycles. The summed E-state index contributed by atoms with van der Waals surface area (Å²) in [5.74, 6) is 0.855. The lowest BCUT2D eigenvalue weighted by Crippen LogP contribution is -2.21. The maximum absolute atomic E-state index is 9.80. The normalized spacial score (nSPS) is 19.2. The molecule has 1 aromatic carbocycles. The van der Waals surface area contributed by atoms with Gasteiger partial charge >= 0.3 is 0 Å². The summed E-state index contributed by atoms with van der Waals surface area (Å²) in [6.07, 6.45) is 10.6. The Morgan fingerprint density at radius 1 is 1.12 bits per heavy atom. The van der Waals surface area contributed by atoms with Crippen LogP contribution in [0.1, 0.15) is 31.7 Å². The number of hydrogen-bond donors (Lipinski definition) is 2. The second-order valence-electron chi connectivity index (χ2n) is 8.23. The van der Waals surface area contributed by atoms with E-state index in [9.17, 15) is 5.11 Å². The minimum Gasteiger partial charge on any atom is -0.450 e. The Balaban J connectivity index is 1.48. The molecule has 7 nitrogen and oxygen atoms in total. The van der Waals surface area contributed by atoms with Crippen LogP contribution < -0.4 is 5.73 Å². The van der Waals surface area contributed by atoms with Gasteiger partial charge in [0.05, 0.1) is 33.5 Å². The molecule has 32 heavy (non-hydrogen) atoms. The zero-order valence-corrected chi connectivity index (χ0v) is 18.6. The first-order chi connectivity index (χ1) is 15.6. The van der Waals surface area contributed by atoms with E-state index in [-0.39, 0.29) is 12.1 Å². The van der Waals surface area contributed by atoms with Crippen LogP contribution in [-0.4, -0.2) is 30.3 Å². The second-order valence-corrected chi connectivity index (χ2v) is 9.41. The summed E-state index contributed by atoms with van der Waals surface area (Å²) >= 11 is 8.31. The van der Waals surface area contributed by atoms with Crippen molar-refractivity contribution >= 4 is 50.0 Å². The quantitative estimate of drug-likeness (QED) is 0.355. The highest BCUT2D eigenvalue weighted by Crippen LogP contribution is 2.45. The highest BCUT2D eigenvalue weighted by atomic mass is 35.5. The zero-order chi connectivity index (χ0) is 21.8. The number of furan rings is 1. The van der Waals surface area contributed by atoms with E-state index < -0.39 is 0 Å². The van der Waals surface area contributed by atoms with Crippen molar-refractivity contribution in [3.05, 3.63) is 48.0 Å². The van der Waals surface area contributed by atoms with Gasteiger partial charge < -0.3 is 15.3 Å². The smallest absolute Gasteiger partial charge is 0.179 e. The number of aromatic nitrogens is 4. The average molecular weight is 466 g/mol. The van der Waals surface area contributed by atoms with Gasteiger partial charge in [-0.2, -0.15) is 9.47 Å². The highest BCUT2D eigenvalue weighted by molar-refractivity contribution is 7.13. The number of aliphatic hydroxyl groups excluding tert-OH is 1. The molecule has 0 aliphatic heterocycles. The Kier molecular flexibility index (Phi) is 4.67. The molecule has 1 fully saturated rings. The van der Waals surface area contributed by atoms with E-state index >= 15 is 0 Å². The Morgan fingerprint density at radius 2 is 1.97 bits per heavy atom.